The monoisotopic (exact) mass is 544 g/mol. The Morgan fingerprint density at radius 2 is 2.20 bits per heavy atom. The van der Waals surface area contributed by atoms with E-state index in [0.29, 0.717) is 18.0 Å². The maximum absolute atomic E-state index is 5.57. The molecule has 0 radical (unpaired) electrons. The summed E-state index contributed by atoms with van der Waals surface area (Å²) in [5.41, 5.74) is 0. The number of imidazole rings is 1. The molecule has 3 unspecified atom stereocenters. The fourth-order valence-electron chi connectivity index (χ4n) is 4.39. The Balaban J connectivity index is 0.00000256. The van der Waals surface area contributed by atoms with Crippen LogP contribution in [-0.4, -0.2) is 78.3 Å². The van der Waals surface area contributed by atoms with Crippen LogP contribution in [0.25, 0.3) is 0 Å². The first kappa shape index (κ1) is 23.5. The van der Waals surface area contributed by atoms with E-state index in [4.69, 9.17) is 4.74 Å². The lowest BCUT2D eigenvalue weighted by Gasteiger charge is -2.40. The lowest BCUT2D eigenvalue weighted by atomic mass is 9.93. The SMILES string of the molecule is CN=C(NCC(c1cccs1)N1CCOCC1)N1CCC(C)C(n2ccnc2)C1.I. The number of guanidine groups is 1. The molecule has 2 saturated heterocycles. The average Bonchev–Trinajstić information content (AvgIpc) is 3.47. The molecule has 2 aromatic heterocycles. The van der Waals surface area contributed by atoms with E-state index in [1.807, 2.05) is 30.9 Å². The van der Waals surface area contributed by atoms with E-state index in [2.05, 4.69) is 60.3 Å². The van der Waals surface area contributed by atoms with Crippen LogP contribution in [0, 0.1) is 5.92 Å². The van der Waals surface area contributed by atoms with Gasteiger partial charge in [0.1, 0.15) is 0 Å². The van der Waals surface area contributed by atoms with Crippen LogP contribution in [0.4, 0.5) is 0 Å². The van der Waals surface area contributed by atoms with E-state index in [9.17, 15) is 0 Å². The molecule has 0 saturated carbocycles. The normalized spacial score (nSPS) is 24.3. The number of ether oxygens (including phenoxy) is 1. The van der Waals surface area contributed by atoms with Gasteiger partial charge in [0, 0.05) is 57.0 Å². The van der Waals surface area contributed by atoms with Gasteiger partial charge in [-0.2, -0.15) is 0 Å². The summed E-state index contributed by atoms with van der Waals surface area (Å²) in [5, 5.41) is 5.85. The summed E-state index contributed by atoms with van der Waals surface area (Å²) in [5.74, 6) is 1.63. The fourth-order valence-corrected chi connectivity index (χ4v) is 5.26. The fraction of sp³-hybridized carbons (Fsp3) is 0.619. The van der Waals surface area contributed by atoms with Gasteiger partial charge in [-0.15, -0.1) is 35.3 Å². The minimum atomic E-state index is 0. The van der Waals surface area contributed by atoms with Crippen LogP contribution in [0.3, 0.4) is 0 Å². The van der Waals surface area contributed by atoms with Crippen molar-refractivity contribution in [3.63, 3.8) is 0 Å². The molecule has 2 aliphatic heterocycles. The van der Waals surface area contributed by atoms with Gasteiger partial charge in [0.15, 0.2) is 5.96 Å². The van der Waals surface area contributed by atoms with Gasteiger partial charge in [0.2, 0.25) is 0 Å². The zero-order chi connectivity index (χ0) is 20.1. The largest absolute Gasteiger partial charge is 0.379 e. The minimum Gasteiger partial charge on any atom is -0.379 e. The van der Waals surface area contributed by atoms with Crippen LogP contribution in [0.5, 0.6) is 0 Å². The van der Waals surface area contributed by atoms with E-state index < -0.39 is 0 Å². The molecule has 166 valence electrons. The van der Waals surface area contributed by atoms with Crippen LogP contribution in [0.15, 0.2) is 41.2 Å². The van der Waals surface area contributed by atoms with Crippen molar-refractivity contribution in [2.75, 3.05) is 53.0 Å². The van der Waals surface area contributed by atoms with Crippen LogP contribution >= 0.6 is 35.3 Å². The number of likely N-dealkylation sites (tertiary alicyclic amines) is 1. The summed E-state index contributed by atoms with van der Waals surface area (Å²) in [7, 11) is 1.89. The van der Waals surface area contributed by atoms with Crippen molar-refractivity contribution in [3.8, 4) is 0 Å². The second-order valence-corrected chi connectivity index (χ2v) is 8.88. The highest BCUT2D eigenvalue weighted by Gasteiger charge is 2.30. The summed E-state index contributed by atoms with van der Waals surface area (Å²) in [6.45, 7) is 8.77. The van der Waals surface area contributed by atoms with Gasteiger partial charge >= 0.3 is 0 Å². The van der Waals surface area contributed by atoms with Gasteiger partial charge in [-0.1, -0.05) is 13.0 Å². The van der Waals surface area contributed by atoms with E-state index in [0.717, 1.165) is 58.3 Å². The summed E-state index contributed by atoms with van der Waals surface area (Å²) < 4.78 is 7.81. The summed E-state index contributed by atoms with van der Waals surface area (Å²) >= 11 is 1.83. The number of thiophene rings is 1. The standard InChI is InChI=1S/C21H32N6OS.HI/c1-17-5-7-26(15-19(17)27-8-6-23-16-27)21(22-2)24-14-18(20-4-3-13-29-20)25-9-11-28-12-10-25;/h3-4,6,8,13,16-19H,5,7,9-12,14-15H2,1-2H3,(H,22,24);1H. The first-order chi connectivity index (χ1) is 14.3. The molecule has 2 fully saturated rings. The third-order valence-corrected chi connectivity index (χ3v) is 7.12. The zero-order valence-corrected chi connectivity index (χ0v) is 21.0. The summed E-state index contributed by atoms with van der Waals surface area (Å²) in [4.78, 5) is 15.2. The molecule has 0 aliphatic carbocycles. The van der Waals surface area contributed by atoms with Crippen LogP contribution in [0.2, 0.25) is 0 Å². The minimum absolute atomic E-state index is 0. The number of hydrogen-bond acceptors (Lipinski definition) is 5. The Kier molecular flexibility index (Phi) is 8.97. The molecule has 1 N–H and O–H groups in total. The number of hydrogen-bond donors (Lipinski definition) is 1. The molecule has 2 aliphatic rings. The van der Waals surface area contributed by atoms with Gasteiger partial charge in [-0.25, -0.2) is 4.98 Å². The van der Waals surface area contributed by atoms with Gasteiger partial charge in [0.05, 0.1) is 31.6 Å². The molecule has 3 atom stereocenters. The predicted molar refractivity (Wildman–Crippen MR) is 133 cm³/mol. The zero-order valence-electron chi connectivity index (χ0n) is 17.8. The van der Waals surface area contributed by atoms with Crippen LogP contribution in [-0.2, 0) is 4.74 Å². The maximum Gasteiger partial charge on any atom is 0.193 e. The highest BCUT2D eigenvalue weighted by Crippen LogP contribution is 2.28. The van der Waals surface area contributed by atoms with Crippen LogP contribution < -0.4 is 5.32 Å². The number of aliphatic imine (C=N–C) groups is 1. The molecular formula is C21H33IN6OS. The van der Waals surface area contributed by atoms with Crippen LogP contribution in [0.1, 0.15) is 30.3 Å². The number of aromatic nitrogens is 2. The molecule has 0 bridgehead atoms. The van der Waals surface area contributed by atoms with E-state index >= 15 is 0 Å². The van der Waals surface area contributed by atoms with Crippen molar-refractivity contribution >= 4 is 41.3 Å². The van der Waals surface area contributed by atoms with Gasteiger partial charge in [-0.05, 0) is 23.8 Å². The van der Waals surface area contributed by atoms with Crippen molar-refractivity contribution in [1.29, 1.82) is 0 Å². The van der Waals surface area contributed by atoms with Gasteiger partial charge in [0.25, 0.3) is 0 Å². The van der Waals surface area contributed by atoms with Crippen molar-refractivity contribution in [3.05, 3.63) is 41.1 Å². The van der Waals surface area contributed by atoms with E-state index in [1.54, 1.807) is 0 Å². The van der Waals surface area contributed by atoms with E-state index in [1.165, 1.54) is 4.88 Å². The predicted octanol–water partition coefficient (Wildman–Crippen LogP) is 3.09. The van der Waals surface area contributed by atoms with Gasteiger partial charge < -0.3 is 19.5 Å². The summed E-state index contributed by atoms with van der Waals surface area (Å²) in [6.07, 6.45) is 7.03. The first-order valence-electron chi connectivity index (χ1n) is 10.5. The second kappa shape index (κ2) is 11.4. The molecule has 0 spiro atoms. The quantitative estimate of drug-likeness (QED) is 0.356. The topological polar surface area (TPSA) is 57.9 Å². The Labute approximate surface area is 200 Å². The molecule has 30 heavy (non-hydrogen) atoms. The molecule has 4 rings (SSSR count). The number of halogens is 1. The highest BCUT2D eigenvalue weighted by molar-refractivity contribution is 14.0. The average molecular weight is 545 g/mol. The number of nitrogens with one attached hydrogen (secondary N) is 1. The first-order valence-corrected chi connectivity index (χ1v) is 11.4. The third kappa shape index (κ3) is 5.54. The Hall–Kier alpha value is -1.17. The molecular weight excluding hydrogens is 511 g/mol. The lowest BCUT2D eigenvalue weighted by molar-refractivity contribution is 0.0175. The highest BCUT2D eigenvalue weighted by atomic mass is 127. The number of piperidine rings is 1. The van der Waals surface area contributed by atoms with Gasteiger partial charge in [-0.3, -0.25) is 9.89 Å². The second-order valence-electron chi connectivity index (χ2n) is 7.90. The van der Waals surface area contributed by atoms with E-state index in [-0.39, 0.29) is 24.0 Å². The maximum atomic E-state index is 5.57. The van der Waals surface area contributed by atoms with Crippen molar-refractivity contribution in [2.45, 2.75) is 25.4 Å². The Morgan fingerprint density at radius 1 is 1.37 bits per heavy atom. The van der Waals surface area contributed by atoms with Crippen molar-refractivity contribution < 1.29 is 4.74 Å². The van der Waals surface area contributed by atoms with Crippen molar-refractivity contribution in [2.24, 2.45) is 10.9 Å². The number of nitrogens with zero attached hydrogens (tertiary/aromatic N) is 5. The molecule has 2 aromatic rings. The Morgan fingerprint density at radius 3 is 2.87 bits per heavy atom. The molecule has 4 heterocycles. The molecule has 0 amide bonds. The Bertz CT molecular complexity index is 763. The summed E-state index contributed by atoms with van der Waals surface area (Å²) in [6, 6.07) is 5.16. The molecule has 7 nitrogen and oxygen atoms in total. The van der Waals surface area contributed by atoms with Crippen molar-refractivity contribution in [1.82, 2.24) is 24.7 Å². The smallest absolute Gasteiger partial charge is 0.193 e. The molecule has 9 heteroatoms. The third-order valence-electron chi connectivity index (χ3n) is 6.15. The lowest BCUT2D eigenvalue weighted by Crippen LogP contribution is -2.51. The number of morpholine rings is 1. The number of rotatable bonds is 5. The molecule has 0 aromatic carbocycles.